The number of fused-ring (bicyclic) bond motifs is 1. The molecule has 0 unspecified atom stereocenters. The van der Waals surface area contributed by atoms with E-state index < -0.39 is 5.63 Å². The van der Waals surface area contributed by atoms with Crippen molar-refractivity contribution in [2.24, 2.45) is 0 Å². The minimum Gasteiger partial charge on any atom is -0.497 e. The number of nitrogens with zero attached hydrogens (tertiary/aromatic N) is 2. The second-order valence-electron chi connectivity index (χ2n) is 5.71. The van der Waals surface area contributed by atoms with Crippen LogP contribution in [0.2, 0.25) is 0 Å². The Bertz CT molecular complexity index is 793. The molecule has 1 saturated heterocycles. The van der Waals surface area contributed by atoms with E-state index in [9.17, 15) is 9.59 Å². The summed E-state index contributed by atoms with van der Waals surface area (Å²) in [7, 11) is 1.55. The maximum absolute atomic E-state index is 12.7. The van der Waals surface area contributed by atoms with Gasteiger partial charge in [0.25, 0.3) is 5.91 Å². The third-order valence-electron chi connectivity index (χ3n) is 4.25. The highest BCUT2D eigenvalue weighted by molar-refractivity contribution is 5.96. The summed E-state index contributed by atoms with van der Waals surface area (Å²) in [5, 5.41) is 9.61. The molecule has 3 rings (SSSR count). The maximum atomic E-state index is 12.7. The highest BCUT2D eigenvalue weighted by atomic mass is 16.5. The van der Waals surface area contributed by atoms with Crippen molar-refractivity contribution in [2.75, 3.05) is 46.4 Å². The summed E-state index contributed by atoms with van der Waals surface area (Å²) in [4.78, 5) is 28.5. The molecule has 1 aromatic heterocycles. The van der Waals surface area contributed by atoms with Crippen molar-refractivity contribution in [1.82, 2.24) is 9.80 Å². The lowest BCUT2D eigenvalue weighted by atomic mass is 10.1. The molecule has 0 spiro atoms. The van der Waals surface area contributed by atoms with Gasteiger partial charge in [-0.1, -0.05) is 0 Å². The average molecular weight is 332 g/mol. The number of β-amino-alcohol motifs (C(OH)–C–C–N with tert-alkyl or cyclic N) is 1. The van der Waals surface area contributed by atoms with Crippen LogP contribution < -0.4 is 10.4 Å². The molecule has 0 bridgehead atoms. The summed E-state index contributed by atoms with van der Waals surface area (Å²) in [5.41, 5.74) is -0.174. The molecular weight excluding hydrogens is 312 g/mol. The minimum atomic E-state index is -0.629. The van der Waals surface area contributed by atoms with Crippen molar-refractivity contribution < 1.29 is 19.1 Å². The lowest BCUT2D eigenvalue weighted by Crippen LogP contribution is -2.49. The van der Waals surface area contributed by atoms with Crippen LogP contribution in [0.25, 0.3) is 11.0 Å². The van der Waals surface area contributed by atoms with Crippen molar-refractivity contribution in [3.05, 3.63) is 40.2 Å². The molecule has 2 heterocycles. The van der Waals surface area contributed by atoms with Crippen LogP contribution in [0.5, 0.6) is 5.75 Å². The first-order chi connectivity index (χ1) is 11.6. The molecule has 0 aliphatic carbocycles. The average Bonchev–Trinajstić information content (AvgIpc) is 2.61. The molecule has 1 N–H and O–H groups in total. The fraction of sp³-hybridized carbons (Fsp3) is 0.412. The van der Waals surface area contributed by atoms with Crippen LogP contribution >= 0.6 is 0 Å². The molecule has 0 saturated carbocycles. The van der Waals surface area contributed by atoms with E-state index in [1.54, 1.807) is 36.3 Å². The van der Waals surface area contributed by atoms with Gasteiger partial charge in [0, 0.05) is 38.1 Å². The Kier molecular flexibility index (Phi) is 4.82. The van der Waals surface area contributed by atoms with Gasteiger partial charge in [0.2, 0.25) is 0 Å². The van der Waals surface area contributed by atoms with Crippen molar-refractivity contribution in [2.45, 2.75) is 0 Å². The number of hydrogen-bond acceptors (Lipinski definition) is 6. The Balaban J connectivity index is 1.84. The van der Waals surface area contributed by atoms with E-state index in [2.05, 4.69) is 4.90 Å². The van der Waals surface area contributed by atoms with Crippen LogP contribution in [0.4, 0.5) is 0 Å². The number of benzene rings is 1. The molecule has 0 atom stereocenters. The predicted molar refractivity (Wildman–Crippen MR) is 88.5 cm³/mol. The zero-order chi connectivity index (χ0) is 17.1. The first-order valence-corrected chi connectivity index (χ1v) is 7.87. The summed E-state index contributed by atoms with van der Waals surface area (Å²) < 4.78 is 10.4. The number of carbonyl (C=O) groups excluding carboxylic acids is 1. The van der Waals surface area contributed by atoms with Gasteiger partial charge < -0.3 is 19.2 Å². The highest BCUT2D eigenvalue weighted by Crippen LogP contribution is 2.21. The van der Waals surface area contributed by atoms with Gasteiger partial charge in [-0.15, -0.1) is 0 Å². The number of amides is 1. The summed E-state index contributed by atoms with van der Waals surface area (Å²) in [6.45, 7) is 3.10. The summed E-state index contributed by atoms with van der Waals surface area (Å²) in [6.07, 6.45) is 0. The quantitative estimate of drug-likeness (QED) is 0.824. The molecule has 128 valence electrons. The minimum absolute atomic E-state index is 0.0337. The first kappa shape index (κ1) is 16.5. The van der Waals surface area contributed by atoms with E-state index >= 15 is 0 Å². The lowest BCUT2D eigenvalue weighted by Gasteiger charge is -2.34. The van der Waals surface area contributed by atoms with E-state index in [0.717, 1.165) is 0 Å². The van der Waals surface area contributed by atoms with Gasteiger partial charge in [0.1, 0.15) is 16.9 Å². The van der Waals surface area contributed by atoms with E-state index in [-0.39, 0.29) is 18.1 Å². The van der Waals surface area contributed by atoms with Crippen LogP contribution in [0.3, 0.4) is 0 Å². The second kappa shape index (κ2) is 7.02. The number of ether oxygens (including phenoxy) is 1. The number of hydrogen-bond donors (Lipinski definition) is 1. The monoisotopic (exact) mass is 332 g/mol. The zero-order valence-corrected chi connectivity index (χ0v) is 13.5. The number of carbonyl (C=O) groups is 1. The number of aliphatic hydroxyl groups is 1. The van der Waals surface area contributed by atoms with E-state index in [1.165, 1.54) is 0 Å². The van der Waals surface area contributed by atoms with Gasteiger partial charge in [-0.3, -0.25) is 9.69 Å². The topological polar surface area (TPSA) is 83.2 Å². The fourth-order valence-electron chi connectivity index (χ4n) is 2.86. The number of aliphatic hydroxyl groups excluding tert-OH is 1. The smallest absolute Gasteiger partial charge is 0.349 e. The Morgan fingerprint density at radius 2 is 2.00 bits per heavy atom. The third-order valence-corrected chi connectivity index (χ3v) is 4.25. The number of piperazine rings is 1. The zero-order valence-electron chi connectivity index (χ0n) is 13.5. The molecule has 0 radical (unpaired) electrons. The molecular formula is C17H20N2O5. The Hall–Kier alpha value is -2.38. The Labute approximate surface area is 139 Å². The Morgan fingerprint density at radius 3 is 2.67 bits per heavy atom. The van der Waals surface area contributed by atoms with E-state index in [4.69, 9.17) is 14.3 Å². The van der Waals surface area contributed by atoms with Gasteiger partial charge >= 0.3 is 5.63 Å². The molecule has 1 aliphatic heterocycles. The molecule has 7 heteroatoms. The predicted octanol–water partition coefficient (Wildman–Crippen LogP) is 0.552. The summed E-state index contributed by atoms with van der Waals surface area (Å²) >= 11 is 0. The van der Waals surface area contributed by atoms with Crippen LogP contribution in [0.1, 0.15) is 10.4 Å². The van der Waals surface area contributed by atoms with Gasteiger partial charge in [0.15, 0.2) is 0 Å². The summed E-state index contributed by atoms with van der Waals surface area (Å²) in [5.74, 6) is 0.310. The first-order valence-electron chi connectivity index (χ1n) is 7.87. The van der Waals surface area contributed by atoms with E-state index in [0.29, 0.717) is 49.4 Å². The number of rotatable bonds is 4. The van der Waals surface area contributed by atoms with Crippen LogP contribution in [-0.4, -0.2) is 67.3 Å². The van der Waals surface area contributed by atoms with Crippen molar-refractivity contribution in [3.63, 3.8) is 0 Å². The van der Waals surface area contributed by atoms with Crippen LogP contribution in [0, 0.1) is 0 Å². The molecule has 2 aromatic rings. The number of methoxy groups -OCH3 is 1. The third kappa shape index (κ3) is 3.27. The molecule has 1 aromatic carbocycles. The van der Waals surface area contributed by atoms with Crippen molar-refractivity contribution >= 4 is 16.9 Å². The Morgan fingerprint density at radius 1 is 1.25 bits per heavy atom. The van der Waals surface area contributed by atoms with Crippen LogP contribution in [0.15, 0.2) is 33.5 Å². The normalized spacial score (nSPS) is 15.7. The van der Waals surface area contributed by atoms with Gasteiger partial charge in [0.05, 0.1) is 13.7 Å². The van der Waals surface area contributed by atoms with Crippen molar-refractivity contribution in [1.29, 1.82) is 0 Å². The molecule has 7 nitrogen and oxygen atoms in total. The largest absolute Gasteiger partial charge is 0.497 e. The molecule has 1 amide bonds. The lowest BCUT2D eigenvalue weighted by molar-refractivity contribution is 0.0611. The molecule has 1 aliphatic rings. The molecule has 24 heavy (non-hydrogen) atoms. The standard InChI is InChI=1S/C17H20N2O5/c1-23-13-2-3-15-12(10-13)11-14(17(22)24-15)16(21)19-6-4-18(5-7-19)8-9-20/h2-3,10-11,20H,4-9H2,1H3. The molecule has 1 fully saturated rings. The van der Waals surface area contributed by atoms with E-state index in [1.807, 2.05) is 0 Å². The van der Waals surface area contributed by atoms with Gasteiger partial charge in [-0.25, -0.2) is 4.79 Å². The van der Waals surface area contributed by atoms with Crippen LogP contribution in [-0.2, 0) is 0 Å². The maximum Gasteiger partial charge on any atom is 0.349 e. The SMILES string of the molecule is COc1ccc2oc(=O)c(C(=O)N3CCN(CCO)CC3)cc2c1. The van der Waals surface area contributed by atoms with Gasteiger partial charge in [-0.05, 0) is 24.3 Å². The second-order valence-corrected chi connectivity index (χ2v) is 5.71. The van der Waals surface area contributed by atoms with Gasteiger partial charge in [-0.2, -0.15) is 0 Å². The highest BCUT2D eigenvalue weighted by Gasteiger charge is 2.24. The fourth-order valence-corrected chi connectivity index (χ4v) is 2.86. The summed E-state index contributed by atoms with van der Waals surface area (Å²) in [6, 6.07) is 6.64. The van der Waals surface area contributed by atoms with Crippen molar-refractivity contribution in [3.8, 4) is 5.75 Å².